The molecule has 0 spiro atoms. The normalized spacial score (nSPS) is 9.37. The van der Waals surface area contributed by atoms with Gasteiger partial charge in [-0.2, -0.15) is 0 Å². The molecule has 2 rings (SSSR count). The summed E-state index contributed by atoms with van der Waals surface area (Å²) in [6.45, 7) is 0.900. The predicted molar refractivity (Wildman–Crippen MR) is 83.0 cm³/mol. The van der Waals surface area contributed by atoms with Gasteiger partial charge in [0.05, 0.1) is 18.3 Å². The van der Waals surface area contributed by atoms with Gasteiger partial charge in [0.2, 0.25) is 0 Å². The molecule has 0 aliphatic rings. The lowest BCUT2D eigenvalue weighted by atomic mass is 10.1. The zero-order valence-corrected chi connectivity index (χ0v) is 12.3. The molecule has 0 aliphatic carbocycles. The Hall–Kier alpha value is -1.23. The molecular formula is C13H18Cl2N2O2. The van der Waals surface area contributed by atoms with E-state index in [4.69, 9.17) is 9.84 Å². The fourth-order valence-corrected chi connectivity index (χ4v) is 1.72. The summed E-state index contributed by atoms with van der Waals surface area (Å²) in [7, 11) is 1.65. The van der Waals surface area contributed by atoms with Crippen molar-refractivity contribution in [2.45, 2.75) is 6.42 Å². The molecule has 0 saturated carbocycles. The van der Waals surface area contributed by atoms with Crippen LogP contribution in [0.2, 0.25) is 0 Å². The Balaban J connectivity index is 0.00000162. The van der Waals surface area contributed by atoms with E-state index in [1.165, 1.54) is 0 Å². The van der Waals surface area contributed by atoms with Gasteiger partial charge in [-0.3, -0.25) is 4.98 Å². The van der Waals surface area contributed by atoms with E-state index < -0.39 is 0 Å². The molecule has 1 aromatic heterocycles. The number of rotatable bonds is 5. The van der Waals surface area contributed by atoms with Crippen molar-refractivity contribution in [1.29, 1.82) is 0 Å². The van der Waals surface area contributed by atoms with Gasteiger partial charge in [0.1, 0.15) is 5.75 Å². The zero-order chi connectivity index (χ0) is 12.1. The second-order valence-electron chi connectivity index (χ2n) is 3.75. The second kappa shape index (κ2) is 8.80. The van der Waals surface area contributed by atoms with Crippen LogP contribution in [0.5, 0.6) is 5.75 Å². The highest BCUT2D eigenvalue weighted by Gasteiger charge is 2.04. The van der Waals surface area contributed by atoms with Crippen molar-refractivity contribution in [2.75, 3.05) is 25.6 Å². The summed E-state index contributed by atoms with van der Waals surface area (Å²) in [6.07, 6.45) is 2.48. The number of anilines is 1. The molecular weight excluding hydrogens is 287 g/mol. The SMILES string of the molecule is COc1cc(NCCCO)c2ncccc2c1.Cl.Cl. The molecule has 0 unspecified atom stereocenters. The van der Waals surface area contributed by atoms with Gasteiger partial charge in [0.25, 0.3) is 0 Å². The number of benzene rings is 1. The highest BCUT2D eigenvalue weighted by molar-refractivity contribution is 5.91. The van der Waals surface area contributed by atoms with Crippen LogP contribution < -0.4 is 10.1 Å². The van der Waals surface area contributed by atoms with Gasteiger partial charge in [-0.05, 0) is 18.6 Å². The molecule has 0 saturated heterocycles. The summed E-state index contributed by atoms with van der Waals surface area (Å²) in [5, 5.41) is 13.1. The number of hydrogen-bond donors (Lipinski definition) is 2. The van der Waals surface area contributed by atoms with E-state index in [1.54, 1.807) is 13.3 Å². The maximum Gasteiger partial charge on any atom is 0.121 e. The monoisotopic (exact) mass is 304 g/mol. The van der Waals surface area contributed by atoms with Crippen LogP contribution >= 0.6 is 24.8 Å². The third-order valence-electron chi connectivity index (χ3n) is 2.56. The van der Waals surface area contributed by atoms with Crippen LogP contribution in [0, 0.1) is 0 Å². The molecule has 0 amide bonds. The van der Waals surface area contributed by atoms with Crippen molar-refractivity contribution in [3.63, 3.8) is 0 Å². The largest absolute Gasteiger partial charge is 0.497 e. The maximum absolute atomic E-state index is 8.78. The fraction of sp³-hybridized carbons (Fsp3) is 0.308. The summed E-state index contributed by atoms with van der Waals surface area (Å²) < 4.78 is 5.25. The summed E-state index contributed by atoms with van der Waals surface area (Å²) in [5.41, 5.74) is 1.86. The van der Waals surface area contributed by atoms with Crippen LogP contribution in [-0.2, 0) is 0 Å². The van der Waals surface area contributed by atoms with Crippen molar-refractivity contribution in [3.05, 3.63) is 30.5 Å². The first-order valence-corrected chi connectivity index (χ1v) is 5.62. The minimum absolute atomic E-state index is 0. The molecule has 1 aromatic carbocycles. The molecule has 0 bridgehead atoms. The Morgan fingerprint density at radius 2 is 2.11 bits per heavy atom. The first kappa shape index (κ1) is 17.8. The van der Waals surface area contributed by atoms with Gasteiger partial charge >= 0.3 is 0 Å². The predicted octanol–water partition coefficient (Wildman–Crippen LogP) is 2.88. The van der Waals surface area contributed by atoms with E-state index in [-0.39, 0.29) is 31.4 Å². The minimum atomic E-state index is 0. The van der Waals surface area contributed by atoms with Gasteiger partial charge in [-0.15, -0.1) is 24.8 Å². The number of nitrogens with zero attached hydrogens (tertiary/aromatic N) is 1. The molecule has 19 heavy (non-hydrogen) atoms. The molecule has 6 heteroatoms. The topological polar surface area (TPSA) is 54.4 Å². The lowest BCUT2D eigenvalue weighted by Gasteiger charge is -2.10. The number of aromatic nitrogens is 1. The Labute approximate surface area is 125 Å². The molecule has 1 heterocycles. The summed E-state index contributed by atoms with van der Waals surface area (Å²) >= 11 is 0. The number of halogens is 2. The maximum atomic E-state index is 8.78. The van der Waals surface area contributed by atoms with E-state index in [0.29, 0.717) is 6.42 Å². The first-order chi connectivity index (χ1) is 8.35. The van der Waals surface area contributed by atoms with Gasteiger partial charge in [0, 0.05) is 30.8 Å². The van der Waals surface area contributed by atoms with Gasteiger partial charge in [-0.25, -0.2) is 0 Å². The molecule has 2 aromatic rings. The van der Waals surface area contributed by atoms with E-state index >= 15 is 0 Å². The van der Waals surface area contributed by atoms with Crippen molar-refractivity contribution in [3.8, 4) is 5.75 Å². The molecule has 4 nitrogen and oxygen atoms in total. The molecule has 0 fully saturated rings. The number of fused-ring (bicyclic) bond motifs is 1. The van der Waals surface area contributed by atoms with Crippen LogP contribution in [0.1, 0.15) is 6.42 Å². The van der Waals surface area contributed by atoms with E-state index in [2.05, 4.69) is 10.3 Å². The van der Waals surface area contributed by atoms with Gasteiger partial charge in [0.15, 0.2) is 0 Å². The van der Waals surface area contributed by atoms with Gasteiger partial charge in [-0.1, -0.05) is 6.07 Å². The third-order valence-corrected chi connectivity index (χ3v) is 2.56. The Morgan fingerprint density at radius 3 is 2.79 bits per heavy atom. The van der Waals surface area contributed by atoms with Crippen molar-refractivity contribution >= 4 is 41.4 Å². The Morgan fingerprint density at radius 1 is 1.32 bits per heavy atom. The number of hydrogen-bond acceptors (Lipinski definition) is 4. The average molecular weight is 305 g/mol. The Bertz CT molecular complexity index is 509. The van der Waals surface area contributed by atoms with Crippen LogP contribution in [0.3, 0.4) is 0 Å². The van der Waals surface area contributed by atoms with Crippen LogP contribution in [-0.4, -0.2) is 30.4 Å². The van der Waals surface area contributed by atoms with E-state index in [1.807, 2.05) is 24.3 Å². The van der Waals surface area contributed by atoms with Crippen LogP contribution in [0.15, 0.2) is 30.5 Å². The van der Waals surface area contributed by atoms with Crippen molar-refractivity contribution < 1.29 is 9.84 Å². The average Bonchev–Trinajstić information content (AvgIpc) is 2.38. The first-order valence-electron chi connectivity index (χ1n) is 5.62. The smallest absolute Gasteiger partial charge is 0.121 e. The number of nitrogens with one attached hydrogen (secondary N) is 1. The molecule has 0 atom stereocenters. The lowest BCUT2D eigenvalue weighted by Crippen LogP contribution is -2.04. The van der Waals surface area contributed by atoms with Gasteiger partial charge < -0.3 is 15.2 Å². The summed E-state index contributed by atoms with van der Waals surface area (Å²) in [6, 6.07) is 7.79. The minimum Gasteiger partial charge on any atom is -0.497 e. The molecule has 106 valence electrons. The number of aliphatic hydroxyl groups is 1. The fourth-order valence-electron chi connectivity index (χ4n) is 1.72. The third kappa shape index (κ3) is 4.42. The number of pyridine rings is 1. The standard InChI is InChI=1S/C13H16N2O2.2ClH/c1-17-11-8-10-4-2-5-15-13(10)12(9-11)14-6-3-7-16;;/h2,4-5,8-9,14,16H,3,6-7H2,1H3;2*1H. The lowest BCUT2D eigenvalue weighted by molar-refractivity contribution is 0.292. The van der Waals surface area contributed by atoms with Crippen LogP contribution in [0.25, 0.3) is 10.9 Å². The highest BCUT2D eigenvalue weighted by atomic mass is 35.5. The van der Waals surface area contributed by atoms with Crippen LogP contribution in [0.4, 0.5) is 5.69 Å². The van der Waals surface area contributed by atoms with Crippen molar-refractivity contribution in [2.24, 2.45) is 0 Å². The highest BCUT2D eigenvalue weighted by Crippen LogP contribution is 2.27. The number of methoxy groups -OCH3 is 1. The van der Waals surface area contributed by atoms with E-state index in [9.17, 15) is 0 Å². The van der Waals surface area contributed by atoms with Crippen molar-refractivity contribution in [1.82, 2.24) is 4.98 Å². The van der Waals surface area contributed by atoms with E-state index in [0.717, 1.165) is 28.9 Å². The second-order valence-corrected chi connectivity index (χ2v) is 3.75. The molecule has 0 radical (unpaired) electrons. The summed E-state index contributed by atoms with van der Waals surface area (Å²) in [5.74, 6) is 0.803. The summed E-state index contributed by atoms with van der Waals surface area (Å²) in [4.78, 5) is 4.35. The molecule has 2 N–H and O–H groups in total. The number of aliphatic hydroxyl groups excluding tert-OH is 1. The zero-order valence-electron chi connectivity index (χ0n) is 10.6. The quantitative estimate of drug-likeness (QED) is 0.834. The Kier molecular flexibility index (Phi) is 8.23. The number of ether oxygens (including phenoxy) is 1. The molecule has 0 aliphatic heterocycles.